The number of aryl methyl sites for hydroxylation is 3. The average Bonchev–Trinajstić information content (AvgIpc) is 2.60. The van der Waals surface area contributed by atoms with Crippen LogP contribution in [0.15, 0.2) is 41.3 Å². The highest BCUT2D eigenvalue weighted by atomic mass is 32.2. The number of fused-ring (bicyclic) bond motifs is 1. The molecule has 1 heterocycles. The van der Waals surface area contributed by atoms with Crippen molar-refractivity contribution in [1.29, 1.82) is 0 Å². The van der Waals surface area contributed by atoms with E-state index in [0.717, 1.165) is 29.7 Å². The Kier molecular flexibility index (Phi) is 5.53. The van der Waals surface area contributed by atoms with Crippen LogP contribution < -0.4 is 9.62 Å². The fourth-order valence-electron chi connectivity index (χ4n) is 3.41. The van der Waals surface area contributed by atoms with Crippen LogP contribution in [0.4, 0.5) is 11.4 Å². The van der Waals surface area contributed by atoms with Crippen LogP contribution in [0.2, 0.25) is 0 Å². The van der Waals surface area contributed by atoms with Crippen molar-refractivity contribution < 1.29 is 17.9 Å². The maximum Gasteiger partial charge on any atom is 0.262 e. The first-order valence-corrected chi connectivity index (χ1v) is 10.3. The monoisotopic (exact) mass is 388 g/mol. The zero-order chi connectivity index (χ0) is 19.6. The van der Waals surface area contributed by atoms with Crippen molar-refractivity contribution in [3.63, 3.8) is 0 Å². The zero-order valence-corrected chi connectivity index (χ0v) is 16.6. The fraction of sp³-hybridized carbons (Fsp3) is 0.350. The number of hydrogen-bond donors (Lipinski definition) is 1. The van der Waals surface area contributed by atoms with E-state index in [1.54, 1.807) is 36.1 Å². The second kappa shape index (κ2) is 7.70. The molecule has 27 heavy (non-hydrogen) atoms. The highest BCUT2D eigenvalue weighted by Crippen LogP contribution is 2.31. The molecule has 7 heteroatoms. The summed E-state index contributed by atoms with van der Waals surface area (Å²) >= 11 is 0. The minimum absolute atomic E-state index is 0.00203. The van der Waals surface area contributed by atoms with Crippen molar-refractivity contribution in [2.45, 2.75) is 31.6 Å². The van der Waals surface area contributed by atoms with E-state index in [2.05, 4.69) is 4.72 Å². The van der Waals surface area contributed by atoms with E-state index in [0.29, 0.717) is 17.8 Å². The van der Waals surface area contributed by atoms with Crippen molar-refractivity contribution in [2.75, 3.05) is 29.9 Å². The Bertz CT molecular complexity index is 970. The Morgan fingerprint density at radius 3 is 2.67 bits per heavy atom. The molecule has 2 aromatic rings. The molecule has 0 saturated heterocycles. The summed E-state index contributed by atoms with van der Waals surface area (Å²) in [6.07, 6.45) is 1.73. The summed E-state index contributed by atoms with van der Waals surface area (Å²) < 4.78 is 33.2. The van der Waals surface area contributed by atoms with Crippen LogP contribution in [-0.4, -0.2) is 34.6 Å². The van der Waals surface area contributed by atoms with Crippen LogP contribution >= 0.6 is 0 Å². The molecule has 0 aromatic heterocycles. The summed E-state index contributed by atoms with van der Waals surface area (Å²) in [6.45, 7) is 4.30. The van der Waals surface area contributed by atoms with Crippen LogP contribution in [0.3, 0.4) is 0 Å². The van der Waals surface area contributed by atoms with Crippen molar-refractivity contribution in [1.82, 2.24) is 0 Å². The summed E-state index contributed by atoms with van der Waals surface area (Å²) in [6, 6.07) is 10.6. The van der Waals surface area contributed by atoms with Gasteiger partial charge in [0.25, 0.3) is 15.9 Å². The standard InChI is InChI=1S/C20H24N2O4S/c1-14-6-9-19(15(2)11-14)27(24,25)21-17-8-7-16-5-4-10-22(18(16)12-17)20(23)13-26-3/h6-9,11-12,21H,4-5,10,13H2,1-3H3. The molecule has 3 rings (SSSR count). The average molecular weight is 388 g/mol. The van der Waals surface area contributed by atoms with Gasteiger partial charge >= 0.3 is 0 Å². The fourth-order valence-corrected chi connectivity index (χ4v) is 4.69. The number of ether oxygens (including phenoxy) is 1. The van der Waals surface area contributed by atoms with Crippen LogP contribution in [0.5, 0.6) is 0 Å². The normalized spacial score (nSPS) is 14.0. The van der Waals surface area contributed by atoms with E-state index in [9.17, 15) is 13.2 Å². The number of benzene rings is 2. The Labute approximate surface area is 160 Å². The number of amides is 1. The minimum Gasteiger partial charge on any atom is -0.375 e. The molecule has 0 radical (unpaired) electrons. The van der Waals surface area contributed by atoms with Gasteiger partial charge < -0.3 is 9.64 Å². The van der Waals surface area contributed by atoms with Crippen LogP contribution in [0.1, 0.15) is 23.1 Å². The Balaban J connectivity index is 1.92. The van der Waals surface area contributed by atoms with Gasteiger partial charge in [-0.3, -0.25) is 9.52 Å². The predicted octanol–water partition coefficient (Wildman–Crippen LogP) is 3.03. The van der Waals surface area contributed by atoms with Crippen LogP contribution in [-0.2, 0) is 26.0 Å². The molecule has 144 valence electrons. The lowest BCUT2D eigenvalue weighted by Crippen LogP contribution is -2.37. The van der Waals surface area contributed by atoms with Gasteiger partial charge in [0.15, 0.2) is 0 Å². The number of nitrogens with zero attached hydrogens (tertiary/aromatic N) is 1. The molecule has 0 bridgehead atoms. The molecule has 1 aliphatic heterocycles. The van der Waals surface area contributed by atoms with Crippen molar-refractivity contribution in [3.05, 3.63) is 53.1 Å². The van der Waals surface area contributed by atoms with Gasteiger partial charge in [-0.1, -0.05) is 23.8 Å². The van der Waals surface area contributed by atoms with Gasteiger partial charge in [0.05, 0.1) is 10.6 Å². The number of sulfonamides is 1. The van der Waals surface area contributed by atoms with Crippen LogP contribution in [0.25, 0.3) is 0 Å². The smallest absolute Gasteiger partial charge is 0.262 e. The maximum atomic E-state index is 12.8. The molecule has 0 fully saturated rings. The van der Waals surface area contributed by atoms with Gasteiger partial charge in [0.2, 0.25) is 0 Å². The third kappa shape index (κ3) is 4.14. The van der Waals surface area contributed by atoms with Gasteiger partial charge in [-0.2, -0.15) is 0 Å². The number of carbonyl (C=O) groups is 1. The lowest BCUT2D eigenvalue weighted by atomic mass is 10.0. The quantitative estimate of drug-likeness (QED) is 0.854. The minimum atomic E-state index is -3.71. The molecular weight excluding hydrogens is 364 g/mol. The summed E-state index contributed by atoms with van der Waals surface area (Å²) in [5.41, 5.74) is 3.90. The molecule has 1 aliphatic rings. The van der Waals surface area contributed by atoms with Crippen molar-refractivity contribution >= 4 is 27.3 Å². The van der Waals surface area contributed by atoms with E-state index in [-0.39, 0.29) is 17.4 Å². The Hall–Kier alpha value is -2.38. The van der Waals surface area contributed by atoms with Gasteiger partial charge in [0, 0.05) is 19.3 Å². The summed E-state index contributed by atoms with van der Waals surface area (Å²) in [4.78, 5) is 14.2. The zero-order valence-electron chi connectivity index (χ0n) is 15.8. The number of hydrogen-bond acceptors (Lipinski definition) is 4. The highest BCUT2D eigenvalue weighted by Gasteiger charge is 2.24. The molecule has 0 spiro atoms. The summed E-state index contributed by atoms with van der Waals surface area (Å²) in [5, 5.41) is 0. The summed E-state index contributed by atoms with van der Waals surface area (Å²) in [7, 11) is -2.23. The van der Waals surface area contributed by atoms with Gasteiger partial charge in [-0.15, -0.1) is 0 Å². The lowest BCUT2D eigenvalue weighted by Gasteiger charge is -2.30. The molecule has 1 amide bonds. The van der Waals surface area contributed by atoms with E-state index in [1.807, 2.05) is 19.1 Å². The van der Waals surface area contributed by atoms with Gasteiger partial charge in [0.1, 0.15) is 6.61 Å². The molecule has 2 aromatic carbocycles. The van der Waals surface area contributed by atoms with E-state index in [1.165, 1.54) is 7.11 Å². The molecule has 0 unspecified atom stereocenters. The largest absolute Gasteiger partial charge is 0.375 e. The third-order valence-electron chi connectivity index (χ3n) is 4.64. The van der Waals surface area contributed by atoms with E-state index < -0.39 is 10.0 Å². The molecule has 0 aliphatic carbocycles. The molecular formula is C20H24N2O4S. The number of rotatable bonds is 5. The number of carbonyl (C=O) groups excluding carboxylic acids is 1. The first-order chi connectivity index (χ1) is 12.8. The predicted molar refractivity (Wildman–Crippen MR) is 106 cm³/mol. The van der Waals surface area contributed by atoms with Gasteiger partial charge in [-0.05, 0) is 56.0 Å². The maximum absolute atomic E-state index is 12.8. The number of methoxy groups -OCH3 is 1. The van der Waals surface area contributed by atoms with Crippen molar-refractivity contribution in [3.8, 4) is 0 Å². The third-order valence-corrected chi connectivity index (χ3v) is 6.19. The molecule has 0 atom stereocenters. The molecule has 6 nitrogen and oxygen atoms in total. The second-order valence-electron chi connectivity index (χ2n) is 6.80. The van der Waals surface area contributed by atoms with Crippen LogP contribution in [0, 0.1) is 13.8 Å². The Morgan fingerprint density at radius 2 is 1.96 bits per heavy atom. The molecule has 0 saturated carbocycles. The highest BCUT2D eigenvalue weighted by molar-refractivity contribution is 7.92. The van der Waals surface area contributed by atoms with Gasteiger partial charge in [-0.25, -0.2) is 8.42 Å². The Morgan fingerprint density at radius 1 is 1.19 bits per heavy atom. The number of anilines is 2. The first kappa shape index (κ1) is 19.4. The summed E-state index contributed by atoms with van der Waals surface area (Å²) in [5.74, 6) is -0.132. The van der Waals surface area contributed by atoms with E-state index in [4.69, 9.17) is 4.74 Å². The van der Waals surface area contributed by atoms with Crippen molar-refractivity contribution in [2.24, 2.45) is 0 Å². The lowest BCUT2D eigenvalue weighted by molar-refractivity contribution is -0.122. The molecule has 1 N–H and O–H groups in total. The number of nitrogens with one attached hydrogen (secondary N) is 1. The van der Waals surface area contributed by atoms with E-state index >= 15 is 0 Å². The second-order valence-corrected chi connectivity index (χ2v) is 8.45. The first-order valence-electron chi connectivity index (χ1n) is 8.84. The SMILES string of the molecule is COCC(=O)N1CCCc2ccc(NS(=O)(=O)c3ccc(C)cc3C)cc21. The topological polar surface area (TPSA) is 75.7 Å².